The van der Waals surface area contributed by atoms with Gasteiger partial charge in [-0.25, -0.2) is 4.57 Å². The lowest BCUT2D eigenvalue weighted by Crippen LogP contribution is -2.29. The van der Waals surface area contributed by atoms with Crippen molar-refractivity contribution in [2.75, 3.05) is 26.4 Å². The van der Waals surface area contributed by atoms with Crippen LogP contribution < -0.4 is 5.73 Å². The summed E-state index contributed by atoms with van der Waals surface area (Å²) in [7, 11) is -4.38. The van der Waals surface area contributed by atoms with Crippen LogP contribution in [0.15, 0.2) is 48.6 Å². The molecule has 2 atom stereocenters. The SMILES string of the molecule is CCCCC/C=C/C/C=C/C/C=C/C/C=C/CCCC(=O)OC[C@@H](COP(=O)(O)OCCN)OC(=O)CCCCCCCCCCC. The van der Waals surface area contributed by atoms with E-state index in [1.807, 2.05) is 6.08 Å². The maximum atomic E-state index is 12.4. The Balaban J connectivity index is 4.33. The highest BCUT2D eigenvalue weighted by atomic mass is 31.2. The summed E-state index contributed by atoms with van der Waals surface area (Å²) in [6, 6.07) is 0. The van der Waals surface area contributed by atoms with Crippen molar-refractivity contribution in [3.63, 3.8) is 0 Å². The number of rotatable bonds is 33. The van der Waals surface area contributed by atoms with Crippen LogP contribution in [0.4, 0.5) is 0 Å². The van der Waals surface area contributed by atoms with E-state index in [1.54, 1.807) is 0 Å². The summed E-state index contributed by atoms with van der Waals surface area (Å²) in [5.74, 6) is -0.902. The zero-order valence-corrected chi connectivity index (χ0v) is 30.4. The molecule has 10 heteroatoms. The third-order valence-corrected chi connectivity index (χ3v) is 8.20. The molecular formula is C37H66NO8P. The van der Waals surface area contributed by atoms with Gasteiger partial charge < -0.3 is 20.1 Å². The van der Waals surface area contributed by atoms with Gasteiger partial charge in [0.05, 0.1) is 13.2 Å². The number of hydrogen-bond donors (Lipinski definition) is 2. The van der Waals surface area contributed by atoms with E-state index in [2.05, 4.69) is 56.4 Å². The standard InChI is InChI=1S/C37H66NO8P/c1-3-5-7-9-11-13-14-15-16-17-18-19-20-22-23-25-27-29-36(39)43-33-35(34-45-47(41,42)44-32-31-38)46-37(40)30-28-26-24-21-12-10-8-6-4-2/h11,13,15-16,18-19,22-23,35H,3-10,12,14,17,20-21,24-34,38H2,1-2H3,(H,41,42)/b13-11+,16-15+,19-18+,23-22+/t35-/m0/s1. The van der Waals surface area contributed by atoms with Crippen LogP contribution in [0.25, 0.3) is 0 Å². The van der Waals surface area contributed by atoms with Gasteiger partial charge in [0.25, 0.3) is 0 Å². The molecule has 9 nitrogen and oxygen atoms in total. The number of esters is 2. The third-order valence-electron chi connectivity index (χ3n) is 7.22. The Morgan fingerprint density at radius 2 is 1.13 bits per heavy atom. The van der Waals surface area contributed by atoms with E-state index in [-0.39, 0.29) is 32.6 Å². The minimum atomic E-state index is -4.38. The second-order valence-electron chi connectivity index (χ2n) is 11.7. The summed E-state index contributed by atoms with van der Waals surface area (Å²) < 4.78 is 32.5. The highest BCUT2D eigenvalue weighted by Gasteiger charge is 2.25. The number of hydrogen-bond acceptors (Lipinski definition) is 8. The molecule has 0 rings (SSSR count). The van der Waals surface area contributed by atoms with Gasteiger partial charge in [-0.2, -0.15) is 0 Å². The fourth-order valence-corrected chi connectivity index (χ4v) is 5.27. The normalized spacial score (nSPS) is 14.0. The Morgan fingerprint density at radius 1 is 0.638 bits per heavy atom. The summed E-state index contributed by atoms with van der Waals surface area (Å²) >= 11 is 0. The Morgan fingerprint density at radius 3 is 1.70 bits per heavy atom. The lowest BCUT2D eigenvalue weighted by Gasteiger charge is -2.19. The van der Waals surface area contributed by atoms with Crippen LogP contribution in [0.5, 0.6) is 0 Å². The van der Waals surface area contributed by atoms with Crippen molar-refractivity contribution in [3.8, 4) is 0 Å². The molecule has 0 aromatic rings. The van der Waals surface area contributed by atoms with Gasteiger partial charge in [0.15, 0.2) is 6.10 Å². The zero-order chi connectivity index (χ0) is 34.7. The molecule has 0 fully saturated rings. The monoisotopic (exact) mass is 683 g/mol. The molecule has 0 saturated carbocycles. The number of phosphoric acid groups is 1. The van der Waals surface area contributed by atoms with Gasteiger partial charge in [-0.1, -0.05) is 127 Å². The molecule has 0 heterocycles. The van der Waals surface area contributed by atoms with E-state index in [0.717, 1.165) is 44.9 Å². The molecular weight excluding hydrogens is 617 g/mol. The Kier molecular flexibility index (Phi) is 32.4. The highest BCUT2D eigenvalue weighted by molar-refractivity contribution is 7.47. The predicted octanol–water partition coefficient (Wildman–Crippen LogP) is 9.60. The van der Waals surface area contributed by atoms with Gasteiger partial charge >= 0.3 is 19.8 Å². The van der Waals surface area contributed by atoms with Crippen LogP contribution in [0.1, 0.15) is 142 Å². The molecule has 272 valence electrons. The molecule has 0 amide bonds. The van der Waals surface area contributed by atoms with E-state index in [9.17, 15) is 19.0 Å². The summed E-state index contributed by atoms with van der Waals surface area (Å²) in [4.78, 5) is 34.5. The van der Waals surface area contributed by atoms with Gasteiger partial charge in [0.1, 0.15) is 6.61 Å². The quantitative estimate of drug-likeness (QED) is 0.0300. The van der Waals surface area contributed by atoms with Gasteiger partial charge in [-0.05, 0) is 51.4 Å². The topological polar surface area (TPSA) is 134 Å². The van der Waals surface area contributed by atoms with Gasteiger partial charge in [0, 0.05) is 19.4 Å². The van der Waals surface area contributed by atoms with Crippen molar-refractivity contribution in [2.45, 2.75) is 148 Å². The van der Waals surface area contributed by atoms with Crippen molar-refractivity contribution in [2.24, 2.45) is 5.73 Å². The van der Waals surface area contributed by atoms with Crippen LogP contribution in [0.3, 0.4) is 0 Å². The number of unbranched alkanes of at least 4 members (excludes halogenated alkanes) is 12. The minimum absolute atomic E-state index is 0.0454. The Hall–Kier alpha value is -2.03. The van der Waals surface area contributed by atoms with Crippen LogP contribution >= 0.6 is 7.82 Å². The van der Waals surface area contributed by atoms with Crippen molar-refractivity contribution in [3.05, 3.63) is 48.6 Å². The Bertz CT molecular complexity index is 918. The zero-order valence-electron chi connectivity index (χ0n) is 29.5. The first-order chi connectivity index (χ1) is 22.8. The van der Waals surface area contributed by atoms with Crippen LogP contribution in [0.2, 0.25) is 0 Å². The van der Waals surface area contributed by atoms with E-state index < -0.39 is 32.5 Å². The fourth-order valence-electron chi connectivity index (χ4n) is 4.51. The van der Waals surface area contributed by atoms with Gasteiger partial charge in [0.2, 0.25) is 0 Å². The first kappa shape index (κ1) is 45.0. The first-order valence-electron chi connectivity index (χ1n) is 18.1. The second kappa shape index (κ2) is 33.9. The molecule has 0 saturated heterocycles. The smallest absolute Gasteiger partial charge is 0.462 e. The summed E-state index contributed by atoms with van der Waals surface area (Å²) in [5.41, 5.74) is 5.31. The average Bonchev–Trinajstić information content (AvgIpc) is 3.05. The number of phosphoric ester groups is 1. The molecule has 0 radical (unpaired) electrons. The number of ether oxygens (including phenoxy) is 2. The minimum Gasteiger partial charge on any atom is -0.462 e. The third kappa shape index (κ3) is 33.7. The number of allylic oxidation sites excluding steroid dienone is 8. The summed E-state index contributed by atoms with van der Waals surface area (Å²) in [5, 5.41) is 0. The van der Waals surface area contributed by atoms with E-state index in [0.29, 0.717) is 12.8 Å². The van der Waals surface area contributed by atoms with E-state index >= 15 is 0 Å². The number of nitrogens with two attached hydrogens (primary N) is 1. The molecule has 0 aliphatic rings. The molecule has 0 bridgehead atoms. The summed E-state index contributed by atoms with van der Waals surface area (Å²) in [6.45, 7) is 3.59. The van der Waals surface area contributed by atoms with Crippen LogP contribution in [-0.4, -0.2) is 49.3 Å². The predicted molar refractivity (Wildman–Crippen MR) is 192 cm³/mol. The van der Waals surface area contributed by atoms with Crippen molar-refractivity contribution in [1.29, 1.82) is 0 Å². The molecule has 47 heavy (non-hydrogen) atoms. The van der Waals surface area contributed by atoms with Gasteiger partial charge in [-0.3, -0.25) is 18.6 Å². The van der Waals surface area contributed by atoms with Gasteiger partial charge in [-0.15, -0.1) is 0 Å². The molecule has 0 spiro atoms. The van der Waals surface area contributed by atoms with Crippen molar-refractivity contribution in [1.82, 2.24) is 0 Å². The molecule has 0 aromatic carbocycles. The maximum Gasteiger partial charge on any atom is 0.472 e. The van der Waals surface area contributed by atoms with Crippen LogP contribution in [0, 0.1) is 0 Å². The molecule has 0 aliphatic carbocycles. The van der Waals surface area contributed by atoms with Crippen LogP contribution in [-0.2, 0) is 32.7 Å². The molecule has 1 unspecified atom stereocenters. The molecule has 0 aromatic heterocycles. The lowest BCUT2D eigenvalue weighted by molar-refractivity contribution is -0.161. The second-order valence-corrected chi connectivity index (χ2v) is 13.2. The average molecular weight is 684 g/mol. The highest BCUT2D eigenvalue weighted by Crippen LogP contribution is 2.43. The lowest BCUT2D eigenvalue weighted by atomic mass is 10.1. The van der Waals surface area contributed by atoms with Crippen molar-refractivity contribution >= 4 is 19.8 Å². The Labute approximate surface area is 286 Å². The first-order valence-corrected chi connectivity index (χ1v) is 19.6. The molecule has 3 N–H and O–H groups in total. The molecule has 0 aliphatic heterocycles. The number of carbonyl (C=O) groups is 2. The van der Waals surface area contributed by atoms with E-state index in [4.69, 9.17) is 24.3 Å². The number of carbonyl (C=O) groups excluding carboxylic acids is 2. The fraction of sp³-hybridized carbons (Fsp3) is 0.730. The van der Waals surface area contributed by atoms with Crippen molar-refractivity contribution < 1.29 is 37.6 Å². The largest absolute Gasteiger partial charge is 0.472 e. The maximum absolute atomic E-state index is 12.4. The van der Waals surface area contributed by atoms with E-state index in [1.165, 1.54) is 57.8 Å². The summed E-state index contributed by atoms with van der Waals surface area (Å²) in [6.07, 6.45) is 35.8.